The van der Waals surface area contributed by atoms with Gasteiger partial charge in [0.05, 0.1) is 6.04 Å². The van der Waals surface area contributed by atoms with Crippen molar-refractivity contribution in [3.8, 4) is 0 Å². The Hall–Kier alpha value is -0.220. The van der Waals surface area contributed by atoms with Crippen LogP contribution < -0.4 is 10.6 Å². The Bertz CT molecular complexity index is 186. The zero-order valence-corrected chi connectivity index (χ0v) is 11.8. The lowest BCUT2D eigenvalue weighted by Crippen LogP contribution is -2.44. The Morgan fingerprint density at radius 2 is 2.00 bits per heavy atom. The molecule has 0 saturated heterocycles. The lowest BCUT2D eigenvalue weighted by atomic mass is 10.0. The molecule has 0 aliphatic rings. The summed E-state index contributed by atoms with van der Waals surface area (Å²) in [6, 6.07) is -0.0284. The number of thioether (sulfide) groups is 1. The highest BCUT2D eigenvalue weighted by molar-refractivity contribution is 7.98. The fraction of sp³-hybridized carbons (Fsp3) is 0.917. The Kier molecular flexibility index (Phi) is 9.83. The molecule has 2 N–H and O–H groups in total. The molecule has 0 saturated carbocycles. The fourth-order valence-corrected chi connectivity index (χ4v) is 2.07. The van der Waals surface area contributed by atoms with Crippen LogP contribution in [0.3, 0.4) is 0 Å². The first kappa shape index (κ1) is 15.8. The van der Waals surface area contributed by atoms with Gasteiger partial charge < -0.3 is 10.6 Å². The van der Waals surface area contributed by atoms with Gasteiger partial charge in [-0.2, -0.15) is 11.8 Å². The van der Waals surface area contributed by atoms with E-state index < -0.39 is 0 Å². The largest absolute Gasteiger partial charge is 0.358 e. The molecule has 1 atom stereocenters. The van der Waals surface area contributed by atoms with Crippen LogP contribution in [0, 0.1) is 5.92 Å². The van der Waals surface area contributed by atoms with Crippen molar-refractivity contribution in [3.63, 3.8) is 0 Å². The van der Waals surface area contributed by atoms with Crippen molar-refractivity contribution in [2.45, 2.75) is 39.2 Å². The number of hydrogen-bond donors (Lipinski definition) is 2. The monoisotopic (exact) mass is 246 g/mol. The molecular formula is C12H26N2OS. The predicted octanol–water partition coefficient (Wildman–Crippen LogP) is 1.88. The van der Waals surface area contributed by atoms with Gasteiger partial charge in [0, 0.05) is 7.05 Å². The summed E-state index contributed by atoms with van der Waals surface area (Å²) < 4.78 is 0. The van der Waals surface area contributed by atoms with Crippen LogP contribution in [0.1, 0.15) is 33.1 Å². The van der Waals surface area contributed by atoms with Gasteiger partial charge in [-0.1, -0.05) is 13.8 Å². The van der Waals surface area contributed by atoms with E-state index in [2.05, 4.69) is 30.7 Å². The highest BCUT2D eigenvalue weighted by atomic mass is 32.2. The van der Waals surface area contributed by atoms with Gasteiger partial charge in [-0.3, -0.25) is 4.79 Å². The Labute approximate surface area is 104 Å². The molecule has 0 radical (unpaired) electrons. The molecule has 0 aliphatic carbocycles. The number of carbonyl (C=O) groups is 1. The molecule has 0 aromatic rings. The summed E-state index contributed by atoms with van der Waals surface area (Å²) in [6.07, 6.45) is 5.39. The molecule has 1 unspecified atom stereocenters. The average molecular weight is 246 g/mol. The Morgan fingerprint density at radius 3 is 2.50 bits per heavy atom. The minimum atomic E-state index is -0.0284. The van der Waals surface area contributed by atoms with E-state index in [4.69, 9.17) is 0 Å². The van der Waals surface area contributed by atoms with Gasteiger partial charge in [-0.25, -0.2) is 0 Å². The van der Waals surface area contributed by atoms with Gasteiger partial charge in [0.25, 0.3) is 0 Å². The Balaban J connectivity index is 3.79. The topological polar surface area (TPSA) is 41.1 Å². The predicted molar refractivity (Wildman–Crippen MR) is 72.9 cm³/mol. The van der Waals surface area contributed by atoms with E-state index in [9.17, 15) is 4.79 Å². The van der Waals surface area contributed by atoms with E-state index in [1.807, 2.05) is 11.8 Å². The summed E-state index contributed by atoms with van der Waals surface area (Å²) in [5, 5.41) is 6.06. The summed E-state index contributed by atoms with van der Waals surface area (Å²) in [5.74, 6) is 1.86. The normalized spacial score (nSPS) is 12.8. The number of carbonyl (C=O) groups excluding carboxylic acids is 1. The van der Waals surface area contributed by atoms with Crippen LogP contribution in [0.15, 0.2) is 0 Å². The second-order valence-corrected chi connectivity index (χ2v) is 5.44. The lowest BCUT2D eigenvalue weighted by molar-refractivity contribution is -0.123. The molecule has 16 heavy (non-hydrogen) atoms. The van der Waals surface area contributed by atoms with E-state index in [-0.39, 0.29) is 11.9 Å². The molecule has 0 aliphatic heterocycles. The van der Waals surface area contributed by atoms with Crippen LogP contribution in [0.5, 0.6) is 0 Å². The number of likely N-dealkylation sites (N-methyl/N-ethyl adjacent to an activating group) is 1. The second kappa shape index (κ2) is 9.97. The molecule has 0 rings (SSSR count). The minimum absolute atomic E-state index is 0.0284. The molecule has 0 spiro atoms. The number of nitrogens with one attached hydrogen (secondary N) is 2. The summed E-state index contributed by atoms with van der Waals surface area (Å²) >= 11 is 1.87. The molecule has 0 fully saturated rings. The third-order valence-electron chi connectivity index (χ3n) is 2.44. The average Bonchev–Trinajstić information content (AvgIpc) is 2.25. The summed E-state index contributed by atoms with van der Waals surface area (Å²) in [6.45, 7) is 5.22. The lowest BCUT2D eigenvalue weighted by Gasteiger charge is -2.19. The molecular weight excluding hydrogens is 220 g/mol. The van der Waals surface area contributed by atoms with Crippen molar-refractivity contribution in [1.82, 2.24) is 10.6 Å². The van der Waals surface area contributed by atoms with Crippen LogP contribution in [-0.4, -0.2) is 37.6 Å². The Morgan fingerprint density at radius 1 is 1.31 bits per heavy atom. The zero-order chi connectivity index (χ0) is 12.4. The summed E-state index contributed by atoms with van der Waals surface area (Å²) in [4.78, 5) is 11.6. The molecule has 3 nitrogen and oxygen atoms in total. The van der Waals surface area contributed by atoms with E-state index in [1.165, 1.54) is 12.2 Å². The van der Waals surface area contributed by atoms with E-state index in [0.29, 0.717) is 5.92 Å². The van der Waals surface area contributed by atoms with Crippen LogP contribution >= 0.6 is 11.8 Å². The SMILES string of the molecule is CNC(=O)C(CC(C)C)NCCCCSC. The van der Waals surface area contributed by atoms with E-state index in [0.717, 1.165) is 19.4 Å². The third kappa shape index (κ3) is 7.99. The molecule has 96 valence electrons. The quantitative estimate of drug-likeness (QED) is 0.610. The number of unbranched alkanes of at least 4 members (excludes halogenated alkanes) is 1. The maximum Gasteiger partial charge on any atom is 0.236 e. The van der Waals surface area contributed by atoms with Crippen molar-refractivity contribution < 1.29 is 4.79 Å². The van der Waals surface area contributed by atoms with Crippen LogP contribution in [0.25, 0.3) is 0 Å². The smallest absolute Gasteiger partial charge is 0.236 e. The van der Waals surface area contributed by atoms with Crippen LogP contribution in [0.4, 0.5) is 0 Å². The van der Waals surface area contributed by atoms with Crippen LogP contribution in [-0.2, 0) is 4.79 Å². The van der Waals surface area contributed by atoms with Gasteiger partial charge in [0.2, 0.25) is 5.91 Å². The molecule has 0 heterocycles. The highest BCUT2D eigenvalue weighted by Crippen LogP contribution is 2.05. The third-order valence-corrected chi connectivity index (χ3v) is 3.13. The first-order chi connectivity index (χ1) is 7.61. The van der Waals surface area contributed by atoms with E-state index >= 15 is 0 Å². The van der Waals surface area contributed by atoms with Gasteiger partial charge in [-0.15, -0.1) is 0 Å². The zero-order valence-electron chi connectivity index (χ0n) is 11.0. The first-order valence-electron chi connectivity index (χ1n) is 6.05. The summed E-state index contributed by atoms with van der Waals surface area (Å²) in [5.41, 5.74) is 0. The van der Waals surface area contributed by atoms with Crippen molar-refractivity contribution in [1.29, 1.82) is 0 Å². The van der Waals surface area contributed by atoms with Crippen molar-refractivity contribution >= 4 is 17.7 Å². The van der Waals surface area contributed by atoms with Gasteiger partial charge in [-0.05, 0) is 43.7 Å². The van der Waals surface area contributed by atoms with Crippen molar-refractivity contribution in [2.24, 2.45) is 5.92 Å². The molecule has 1 amide bonds. The minimum Gasteiger partial charge on any atom is -0.358 e. The molecule has 4 heteroatoms. The number of rotatable bonds is 9. The van der Waals surface area contributed by atoms with Crippen molar-refractivity contribution in [2.75, 3.05) is 25.6 Å². The molecule has 0 aromatic carbocycles. The highest BCUT2D eigenvalue weighted by Gasteiger charge is 2.17. The second-order valence-electron chi connectivity index (χ2n) is 4.45. The van der Waals surface area contributed by atoms with E-state index in [1.54, 1.807) is 7.05 Å². The van der Waals surface area contributed by atoms with Gasteiger partial charge in [0.1, 0.15) is 0 Å². The van der Waals surface area contributed by atoms with Gasteiger partial charge in [0.15, 0.2) is 0 Å². The maximum absolute atomic E-state index is 11.6. The standard InChI is InChI=1S/C12H26N2OS/c1-10(2)9-11(12(15)13-3)14-7-5-6-8-16-4/h10-11,14H,5-9H2,1-4H3,(H,13,15). The van der Waals surface area contributed by atoms with Crippen molar-refractivity contribution in [3.05, 3.63) is 0 Å². The first-order valence-corrected chi connectivity index (χ1v) is 7.45. The molecule has 0 aromatic heterocycles. The van der Waals surface area contributed by atoms with Crippen LogP contribution in [0.2, 0.25) is 0 Å². The maximum atomic E-state index is 11.6. The fourth-order valence-electron chi connectivity index (χ4n) is 1.58. The summed E-state index contributed by atoms with van der Waals surface area (Å²) in [7, 11) is 1.70. The van der Waals surface area contributed by atoms with Gasteiger partial charge >= 0.3 is 0 Å². The molecule has 0 bridgehead atoms. The number of hydrogen-bond acceptors (Lipinski definition) is 3. The number of amides is 1.